The van der Waals surface area contributed by atoms with Gasteiger partial charge in [0.2, 0.25) is 17.8 Å². The van der Waals surface area contributed by atoms with E-state index in [2.05, 4.69) is 27.5 Å². The fourth-order valence-corrected chi connectivity index (χ4v) is 4.19. The van der Waals surface area contributed by atoms with Crippen molar-refractivity contribution >= 4 is 29.3 Å². The van der Waals surface area contributed by atoms with Gasteiger partial charge in [-0.1, -0.05) is 19.1 Å². The van der Waals surface area contributed by atoms with Gasteiger partial charge >= 0.3 is 0 Å². The van der Waals surface area contributed by atoms with Crippen LogP contribution in [-0.4, -0.2) is 41.5 Å². The van der Waals surface area contributed by atoms with Crippen molar-refractivity contribution in [2.45, 2.75) is 39.0 Å². The number of benzene rings is 1. The minimum atomic E-state index is -0.941. The number of hydrogen-bond acceptors (Lipinski definition) is 6. The maximum absolute atomic E-state index is 13.1. The summed E-state index contributed by atoms with van der Waals surface area (Å²) >= 11 is 0. The summed E-state index contributed by atoms with van der Waals surface area (Å²) in [6.07, 6.45) is 2.02. The minimum absolute atomic E-state index is 0.125. The molecule has 0 aliphatic carbocycles. The smallest absolute Gasteiger partial charge is 0.258 e. The highest BCUT2D eigenvalue weighted by atomic mass is 16.5. The molecule has 0 radical (unpaired) electrons. The van der Waals surface area contributed by atoms with Gasteiger partial charge in [-0.15, -0.1) is 0 Å². The molecule has 2 aliphatic rings. The zero-order valence-corrected chi connectivity index (χ0v) is 17.7. The normalized spacial score (nSPS) is 20.6. The molecule has 0 saturated carbocycles. The lowest BCUT2D eigenvalue weighted by Crippen LogP contribution is -2.40. The summed E-state index contributed by atoms with van der Waals surface area (Å²) in [6.45, 7) is 6.03. The Bertz CT molecular complexity index is 1050. The number of carbonyl (C=O) groups excluding carboxylic acids is 2. The number of carbonyl (C=O) groups is 2. The Labute approximate surface area is 180 Å². The summed E-state index contributed by atoms with van der Waals surface area (Å²) in [5.74, 6) is -0.125. The quantitative estimate of drug-likeness (QED) is 0.678. The number of para-hydroxylation sites is 2. The third kappa shape index (κ3) is 4.40. The highest BCUT2D eigenvalue weighted by Crippen LogP contribution is 2.32. The van der Waals surface area contributed by atoms with Gasteiger partial charge in [-0.25, -0.2) is 0 Å². The van der Waals surface area contributed by atoms with Crippen LogP contribution in [0.4, 0.5) is 17.5 Å². The molecule has 9 heteroatoms. The average molecular weight is 425 g/mol. The van der Waals surface area contributed by atoms with Crippen LogP contribution >= 0.6 is 0 Å². The van der Waals surface area contributed by atoms with Crippen molar-refractivity contribution in [3.8, 4) is 5.75 Å². The molecule has 2 atom stereocenters. The number of piperidine rings is 1. The van der Waals surface area contributed by atoms with E-state index in [-0.39, 0.29) is 23.7 Å². The minimum Gasteiger partial charge on any atom is -0.492 e. The highest BCUT2D eigenvalue weighted by molar-refractivity contribution is 6.04. The second-order valence-electron chi connectivity index (χ2n) is 8.07. The van der Waals surface area contributed by atoms with E-state index in [9.17, 15) is 14.4 Å². The Morgan fingerprint density at radius 2 is 2.13 bits per heavy atom. The summed E-state index contributed by atoms with van der Waals surface area (Å²) in [6, 6.07) is 7.05. The molecule has 4 rings (SSSR count). The van der Waals surface area contributed by atoms with Gasteiger partial charge in [0.1, 0.15) is 11.6 Å². The van der Waals surface area contributed by atoms with E-state index in [1.165, 1.54) is 0 Å². The number of aromatic nitrogens is 2. The third-order valence-electron chi connectivity index (χ3n) is 5.66. The van der Waals surface area contributed by atoms with Gasteiger partial charge < -0.3 is 20.3 Å². The third-order valence-corrected chi connectivity index (χ3v) is 5.66. The van der Waals surface area contributed by atoms with Gasteiger partial charge in [-0.2, -0.15) is 4.98 Å². The van der Waals surface area contributed by atoms with Crippen molar-refractivity contribution in [2.75, 3.05) is 35.2 Å². The molecule has 1 aromatic carbocycles. The zero-order chi connectivity index (χ0) is 22.0. The second kappa shape index (κ2) is 8.79. The van der Waals surface area contributed by atoms with Crippen LogP contribution in [0, 0.1) is 5.92 Å². The molecule has 0 bridgehead atoms. The predicted molar refractivity (Wildman–Crippen MR) is 118 cm³/mol. The lowest BCUT2D eigenvalue weighted by atomic mass is 9.92. The van der Waals surface area contributed by atoms with Gasteiger partial charge in [0.25, 0.3) is 5.56 Å². The van der Waals surface area contributed by atoms with Crippen LogP contribution in [0.5, 0.6) is 5.75 Å². The molecule has 31 heavy (non-hydrogen) atoms. The summed E-state index contributed by atoms with van der Waals surface area (Å²) < 4.78 is 5.55. The number of hydrogen-bond donors (Lipinski definition) is 3. The molecule has 1 aromatic heterocycles. The molecule has 2 amide bonds. The van der Waals surface area contributed by atoms with Crippen LogP contribution in [0.3, 0.4) is 0 Å². The Balaban J connectivity index is 1.64. The fraction of sp³-hybridized carbons (Fsp3) is 0.455. The summed E-state index contributed by atoms with van der Waals surface area (Å²) in [5, 5.41) is 5.47. The van der Waals surface area contributed by atoms with Crippen LogP contribution in [0.25, 0.3) is 0 Å². The Kier molecular flexibility index (Phi) is 5.92. The molecule has 1 fully saturated rings. The fourth-order valence-electron chi connectivity index (χ4n) is 4.19. The van der Waals surface area contributed by atoms with Gasteiger partial charge in [0.05, 0.1) is 23.8 Å². The van der Waals surface area contributed by atoms with Crippen molar-refractivity contribution in [2.24, 2.45) is 5.92 Å². The van der Waals surface area contributed by atoms with Crippen molar-refractivity contribution < 1.29 is 14.3 Å². The average Bonchev–Trinajstić information content (AvgIpc) is 2.74. The monoisotopic (exact) mass is 425 g/mol. The Morgan fingerprint density at radius 3 is 2.90 bits per heavy atom. The highest BCUT2D eigenvalue weighted by Gasteiger charge is 2.35. The number of nitrogens with zero attached hydrogens (tertiary/aromatic N) is 2. The molecule has 0 spiro atoms. The molecule has 3 heterocycles. The topological polar surface area (TPSA) is 116 Å². The van der Waals surface area contributed by atoms with Crippen LogP contribution < -0.4 is 25.8 Å². The van der Waals surface area contributed by atoms with E-state index in [1.54, 1.807) is 18.2 Å². The maximum Gasteiger partial charge on any atom is 0.258 e. The zero-order valence-electron chi connectivity index (χ0n) is 17.7. The predicted octanol–water partition coefficient (Wildman–Crippen LogP) is 2.47. The molecule has 3 N–H and O–H groups in total. The lowest BCUT2D eigenvalue weighted by molar-refractivity contribution is -0.123. The number of ether oxygens (including phenoxy) is 1. The van der Waals surface area contributed by atoms with E-state index in [4.69, 9.17) is 4.74 Å². The first-order chi connectivity index (χ1) is 15.0. The molecule has 0 unspecified atom stereocenters. The van der Waals surface area contributed by atoms with Crippen molar-refractivity contribution in [3.05, 3.63) is 40.2 Å². The summed E-state index contributed by atoms with van der Waals surface area (Å²) in [7, 11) is 0. The largest absolute Gasteiger partial charge is 0.492 e. The van der Waals surface area contributed by atoms with Crippen LogP contribution in [0.15, 0.2) is 29.1 Å². The van der Waals surface area contributed by atoms with Gasteiger partial charge in [0, 0.05) is 19.5 Å². The second-order valence-corrected chi connectivity index (χ2v) is 8.07. The number of aromatic amines is 1. The first kappa shape index (κ1) is 20.9. The van der Waals surface area contributed by atoms with Crippen LogP contribution in [-0.2, 0) is 9.59 Å². The number of nitrogens with one attached hydrogen (secondary N) is 3. The van der Waals surface area contributed by atoms with Crippen molar-refractivity contribution in [1.82, 2.24) is 9.97 Å². The molecular formula is C22H27N5O4. The van der Waals surface area contributed by atoms with Gasteiger partial charge in [-0.3, -0.25) is 19.4 Å². The molecule has 2 aromatic rings. The standard InChI is InChI=1S/C22H27N5O4/c1-3-31-16-9-5-4-8-15(16)23-20(29)14-11-17(28)24-19-18(14)21(30)26-22(25-19)27-10-6-7-13(2)12-27/h4-5,8-9,13-14H,3,6-7,10-12H2,1-2H3,(H,23,29)(H2,24,25,26,28,30)/t13-,14+/m0/s1. The molecule has 1 saturated heterocycles. The number of fused-ring (bicyclic) bond motifs is 1. The Morgan fingerprint density at radius 1 is 1.32 bits per heavy atom. The van der Waals surface area contributed by atoms with E-state index in [0.717, 1.165) is 25.9 Å². The molecule has 9 nitrogen and oxygen atoms in total. The number of rotatable bonds is 5. The lowest BCUT2D eigenvalue weighted by Gasteiger charge is -2.32. The SMILES string of the molecule is CCOc1ccccc1NC(=O)[C@@H]1CC(=O)Nc2nc(N3CCC[C@H](C)C3)[nH]c(=O)c21. The van der Waals surface area contributed by atoms with Gasteiger partial charge in [-0.05, 0) is 37.8 Å². The van der Waals surface area contributed by atoms with E-state index < -0.39 is 17.4 Å². The van der Waals surface area contributed by atoms with E-state index in [1.807, 2.05) is 17.9 Å². The maximum atomic E-state index is 13.1. The molecular weight excluding hydrogens is 398 g/mol. The van der Waals surface area contributed by atoms with Crippen LogP contribution in [0.1, 0.15) is 44.6 Å². The van der Waals surface area contributed by atoms with E-state index >= 15 is 0 Å². The first-order valence-electron chi connectivity index (χ1n) is 10.7. The van der Waals surface area contributed by atoms with Crippen molar-refractivity contribution in [3.63, 3.8) is 0 Å². The van der Waals surface area contributed by atoms with Crippen LogP contribution in [0.2, 0.25) is 0 Å². The number of anilines is 3. The Hall–Kier alpha value is -3.36. The summed E-state index contributed by atoms with van der Waals surface area (Å²) in [4.78, 5) is 47.7. The number of amides is 2. The van der Waals surface area contributed by atoms with Gasteiger partial charge in [0.15, 0.2) is 0 Å². The van der Waals surface area contributed by atoms with Crippen molar-refractivity contribution in [1.29, 1.82) is 0 Å². The summed E-state index contributed by atoms with van der Waals surface area (Å²) in [5.41, 5.74) is 0.265. The molecule has 2 aliphatic heterocycles. The van der Waals surface area contributed by atoms with E-state index in [0.29, 0.717) is 29.9 Å². The number of H-pyrrole nitrogens is 1. The molecule has 164 valence electrons. The first-order valence-corrected chi connectivity index (χ1v) is 10.7.